The summed E-state index contributed by atoms with van der Waals surface area (Å²) in [5.74, 6) is -0.451. The molecule has 104 valence electrons. The van der Waals surface area contributed by atoms with E-state index in [0.717, 1.165) is 5.56 Å². The monoisotopic (exact) mass is 293 g/mol. The van der Waals surface area contributed by atoms with Crippen molar-refractivity contribution in [3.05, 3.63) is 52.7 Å². The highest BCUT2D eigenvalue weighted by atomic mass is 35.5. The molecule has 0 unspecified atom stereocenters. The first-order valence-corrected chi connectivity index (χ1v) is 6.25. The topological polar surface area (TPSA) is 79.7 Å². The molecule has 0 amide bonds. The van der Waals surface area contributed by atoms with Crippen molar-refractivity contribution in [1.82, 2.24) is 4.98 Å². The Balaban J connectivity index is 2.28. The van der Waals surface area contributed by atoms with Crippen LogP contribution < -0.4 is 4.74 Å². The van der Waals surface area contributed by atoms with Crippen LogP contribution in [-0.2, 0) is 6.42 Å². The SMILES string of the molecule is O=C(O)c1cnc(Oc2ccccc2CCO)c(Cl)c1. The maximum absolute atomic E-state index is 10.8. The third kappa shape index (κ3) is 3.26. The minimum atomic E-state index is -1.10. The number of hydrogen-bond donors (Lipinski definition) is 2. The third-order valence-electron chi connectivity index (χ3n) is 2.61. The number of aromatic nitrogens is 1. The van der Waals surface area contributed by atoms with Crippen LogP contribution in [0.25, 0.3) is 0 Å². The number of carboxylic acid groups (broad SMARTS) is 1. The maximum atomic E-state index is 10.8. The molecule has 6 heteroatoms. The quantitative estimate of drug-likeness (QED) is 0.886. The van der Waals surface area contributed by atoms with Gasteiger partial charge in [0.05, 0.1) is 5.56 Å². The minimum Gasteiger partial charge on any atom is -0.478 e. The van der Waals surface area contributed by atoms with Gasteiger partial charge in [-0.3, -0.25) is 0 Å². The summed E-state index contributed by atoms with van der Waals surface area (Å²) < 4.78 is 5.58. The molecule has 2 rings (SSSR count). The van der Waals surface area contributed by atoms with E-state index >= 15 is 0 Å². The van der Waals surface area contributed by atoms with Gasteiger partial charge in [-0.05, 0) is 24.1 Å². The Morgan fingerprint density at radius 3 is 2.75 bits per heavy atom. The summed E-state index contributed by atoms with van der Waals surface area (Å²) in [7, 11) is 0. The van der Waals surface area contributed by atoms with Crippen molar-refractivity contribution in [1.29, 1.82) is 0 Å². The zero-order valence-electron chi connectivity index (χ0n) is 10.4. The smallest absolute Gasteiger partial charge is 0.337 e. The molecule has 0 saturated heterocycles. The number of para-hydroxylation sites is 1. The second-order valence-corrected chi connectivity index (χ2v) is 4.41. The van der Waals surface area contributed by atoms with Crippen molar-refractivity contribution in [3.63, 3.8) is 0 Å². The molecule has 0 saturated carbocycles. The number of rotatable bonds is 5. The van der Waals surface area contributed by atoms with Gasteiger partial charge in [0.15, 0.2) is 0 Å². The first kappa shape index (κ1) is 14.3. The summed E-state index contributed by atoms with van der Waals surface area (Å²) in [6, 6.07) is 8.45. The lowest BCUT2D eigenvalue weighted by molar-refractivity contribution is 0.0696. The van der Waals surface area contributed by atoms with E-state index in [9.17, 15) is 4.79 Å². The van der Waals surface area contributed by atoms with Crippen molar-refractivity contribution >= 4 is 17.6 Å². The summed E-state index contributed by atoms with van der Waals surface area (Å²) >= 11 is 5.95. The van der Waals surface area contributed by atoms with Crippen molar-refractivity contribution in [2.45, 2.75) is 6.42 Å². The van der Waals surface area contributed by atoms with E-state index < -0.39 is 5.97 Å². The van der Waals surface area contributed by atoms with Gasteiger partial charge < -0.3 is 14.9 Å². The Bertz CT molecular complexity index is 630. The number of aromatic carboxylic acids is 1. The van der Waals surface area contributed by atoms with E-state index in [-0.39, 0.29) is 23.1 Å². The van der Waals surface area contributed by atoms with Crippen LogP contribution in [-0.4, -0.2) is 27.8 Å². The molecule has 0 bridgehead atoms. The lowest BCUT2D eigenvalue weighted by atomic mass is 10.1. The second kappa shape index (κ2) is 6.36. The van der Waals surface area contributed by atoms with E-state index in [1.54, 1.807) is 12.1 Å². The fraction of sp³-hybridized carbons (Fsp3) is 0.143. The van der Waals surface area contributed by atoms with Gasteiger partial charge in [0, 0.05) is 12.8 Å². The zero-order chi connectivity index (χ0) is 14.5. The Labute approximate surface area is 120 Å². The lowest BCUT2D eigenvalue weighted by Gasteiger charge is -2.10. The molecule has 0 aliphatic heterocycles. The molecule has 0 fully saturated rings. The summed E-state index contributed by atoms with van der Waals surface area (Å²) in [6.07, 6.45) is 1.62. The van der Waals surface area contributed by atoms with Crippen LogP contribution in [0.2, 0.25) is 5.02 Å². The van der Waals surface area contributed by atoms with Crippen molar-refractivity contribution in [2.75, 3.05) is 6.61 Å². The molecule has 2 aromatic rings. The Hall–Kier alpha value is -2.11. The summed E-state index contributed by atoms with van der Waals surface area (Å²) in [6.45, 7) is -0.000510. The lowest BCUT2D eigenvalue weighted by Crippen LogP contribution is -2.00. The normalized spacial score (nSPS) is 10.3. The molecule has 1 aromatic carbocycles. The highest BCUT2D eigenvalue weighted by Gasteiger charge is 2.11. The van der Waals surface area contributed by atoms with Gasteiger partial charge in [0.25, 0.3) is 0 Å². The van der Waals surface area contributed by atoms with Gasteiger partial charge >= 0.3 is 5.97 Å². The van der Waals surface area contributed by atoms with Gasteiger partial charge in [-0.25, -0.2) is 9.78 Å². The van der Waals surface area contributed by atoms with Crippen LogP contribution in [0.5, 0.6) is 11.6 Å². The van der Waals surface area contributed by atoms with Crippen LogP contribution in [0.3, 0.4) is 0 Å². The van der Waals surface area contributed by atoms with E-state index in [0.29, 0.717) is 12.2 Å². The number of carbonyl (C=O) groups is 1. The van der Waals surface area contributed by atoms with Crippen LogP contribution in [0.4, 0.5) is 0 Å². The first-order chi connectivity index (χ1) is 9.61. The first-order valence-electron chi connectivity index (χ1n) is 5.87. The molecule has 20 heavy (non-hydrogen) atoms. The van der Waals surface area contributed by atoms with Gasteiger partial charge in [-0.2, -0.15) is 0 Å². The number of aliphatic hydroxyl groups excluding tert-OH is 1. The Kier molecular flexibility index (Phi) is 4.55. The number of halogens is 1. The highest BCUT2D eigenvalue weighted by Crippen LogP contribution is 2.30. The second-order valence-electron chi connectivity index (χ2n) is 4.00. The predicted molar refractivity (Wildman–Crippen MR) is 73.5 cm³/mol. The fourth-order valence-electron chi connectivity index (χ4n) is 1.65. The molecule has 0 atom stereocenters. The summed E-state index contributed by atoms with van der Waals surface area (Å²) in [5.41, 5.74) is 0.807. The average molecular weight is 294 g/mol. The van der Waals surface area contributed by atoms with Gasteiger partial charge in [0.1, 0.15) is 10.8 Å². The molecule has 0 spiro atoms. The molecular weight excluding hydrogens is 282 g/mol. The summed E-state index contributed by atoms with van der Waals surface area (Å²) in [5, 5.41) is 18.0. The van der Waals surface area contributed by atoms with Crippen LogP contribution in [0.15, 0.2) is 36.5 Å². The van der Waals surface area contributed by atoms with E-state index in [1.807, 2.05) is 12.1 Å². The van der Waals surface area contributed by atoms with Crippen molar-refractivity contribution in [3.8, 4) is 11.6 Å². The molecule has 5 nitrogen and oxygen atoms in total. The largest absolute Gasteiger partial charge is 0.478 e. The highest BCUT2D eigenvalue weighted by molar-refractivity contribution is 6.32. The Morgan fingerprint density at radius 1 is 1.35 bits per heavy atom. The summed E-state index contributed by atoms with van der Waals surface area (Å²) in [4.78, 5) is 14.7. The molecular formula is C14H12ClNO4. The number of hydrogen-bond acceptors (Lipinski definition) is 4. The molecule has 2 N–H and O–H groups in total. The molecule has 1 heterocycles. The third-order valence-corrected chi connectivity index (χ3v) is 2.89. The van der Waals surface area contributed by atoms with Crippen molar-refractivity contribution < 1.29 is 19.7 Å². The van der Waals surface area contributed by atoms with Crippen LogP contribution in [0, 0.1) is 0 Å². The number of benzene rings is 1. The van der Waals surface area contributed by atoms with Gasteiger partial charge in [0.2, 0.25) is 5.88 Å². The number of aliphatic hydroxyl groups is 1. The number of nitrogens with zero attached hydrogens (tertiary/aromatic N) is 1. The molecule has 0 aliphatic carbocycles. The minimum absolute atomic E-state index is 0.000510. The van der Waals surface area contributed by atoms with E-state index in [1.165, 1.54) is 12.3 Å². The standard InChI is InChI=1S/C14H12ClNO4/c15-11-7-10(14(18)19)8-16-13(11)20-12-4-2-1-3-9(12)5-6-17/h1-4,7-8,17H,5-6H2,(H,18,19). The molecule has 1 aromatic heterocycles. The average Bonchev–Trinajstić information content (AvgIpc) is 2.43. The van der Waals surface area contributed by atoms with Gasteiger partial charge in [-0.15, -0.1) is 0 Å². The van der Waals surface area contributed by atoms with Crippen LogP contribution >= 0.6 is 11.6 Å². The number of ether oxygens (including phenoxy) is 1. The van der Waals surface area contributed by atoms with Gasteiger partial charge in [-0.1, -0.05) is 29.8 Å². The van der Waals surface area contributed by atoms with Crippen LogP contribution in [0.1, 0.15) is 15.9 Å². The number of pyridine rings is 1. The molecule has 0 radical (unpaired) electrons. The predicted octanol–water partition coefficient (Wildman–Crippen LogP) is 2.76. The van der Waals surface area contributed by atoms with E-state index in [4.69, 9.17) is 26.6 Å². The zero-order valence-corrected chi connectivity index (χ0v) is 11.2. The maximum Gasteiger partial charge on any atom is 0.337 e. The number of carboxylic acids is 1. The fourth-order valence-corrected chi connectivity index (χ4v) is 1.86. The molecule has 0 aliphatic rings. The van der Waals surface area contributed by atoms with E-state index in [2.05, 4.69) is 4.98 Å². The Morgan fingerprint density at radius 2 is 2.10 bits per heavy atom. The van der Waals surface area contributed by atoms with Crippen molar-refractivity contribution in [2.24, 2.45) is 0 Å².